The molecule has 1 aliphatic carbocycles. The monoisotopic (exact) mass is 316 g/mol. The number of rotatable bonds is 2. The average Bonchev–Trinajstić information content (AvgIpc) is 2.61. The zero-order valence-electron chi connectivity index (χ0n) is 14.0. The molecular weight excluding hydrogens is 296 g/mol. The Labute approximate surface area is 141 Å². The molecule has 0 spiro atoms. The van der Waals surface area contributed by atoms with Gasteiger partial charge in [0.1, 0.15) is 0 Å². The third-order valence-corrected chi connectivity index (χ3v) is 5.40. The first-order valence-corrected chi connectivity index (χ1v) is 8.69. The van der Waals surface area contributed by atoms with E-state index in [0.717, 1.165) is 33.7 Å². The molecule has 2 unspecified atom stereocenters. The van der Waals surface area contributed by atoms with Gasteiger partial charge in [-0.25, -0.2) is 0 Å². The molecule has 0 bridgehead atoms. The van der Waals surface area contributed by atoms with E-state index in [9.17, 15) is 9.59 Å². The third-order valence-electron chi connectivity index (χ3n) is 5.40. The molecule has 2 nitrogen and oxygen atoms in total. The Bertz CT molecular complexity index is 984. The van der Waals surface area contributed by atoms with Gasteiger partial charge in [0.25, 0.3) is 0 Å². The standard InChI is InChI=1S/C22H20O2/c1-3-14-18-12-11-17-16-8-6-5-7-13(16)9-10-19(17)20(18)22(24)15(4-2)21(14)23/h5-12,14-15H,3-4H2,1-2H3. The molecule has 0 amide bonds. The number of ketones is 2. The minimum Gasteiger partial charge on any atom is -0.298 e. The van der Waals surface area contributed by atoms with Gasteiger partial charge in [-0.3, -0.25) is 9.59 Å². The van der Waals surface area contributed by atoms with E-state index in [1.807, 2.05) is 38.1 Å². The van der Waals surface area contributed by atoms with E-state index < -0.39 is 5.92 Å². The van der Waals surface area contributed by atoms with Gasteiger partial charge in [0, 0.05) is 11.5 Å². The van der Waals surface area contributed by atoms with E-state index in [1.54, 1.807) is 0 Å². The summed E-state index contributed by atoms with van der Waals surface area (Å²) in [5, 5.41) is 4.41. The molecule has 3 aromatic carbocycles. The van der Waals surface area contributed by atoms with E-state index in [1.165, 1.54) is 5.39 Å². The Morgan fingerprint density at radius 1 is 0.750 bits per heavy atom. The van der Waals surface area contributed by atoms with Crippen molar-refractivity contribution in [3.05, 3.63) is 59.7 Å². The van der Waals surface area contributed by atoms with Crippen molar-refractivity contribution in [2.24, 2.45) is 5.92 Å². The smallest absolute Gasteiger partial charge is 0.174 e. The molecule has 0 saturated carbocycles. The number of benzene rings is 3. The second-order valence-corrected chi connectivity index (χ2v) is 6.60. The lowest BCUT2D eigenvalue weighted by molar-refractivity contribution is -0.123. The maximum Gasteiger partial charge on any atom is 0.174 e. The molecule has 0 N–H and O–H groups in total. The molecule has 2 heteroatoms. The predicted octanol–water partition coefficient (Wildman–Crippen LogP) is 5.28. The topological polar surface area (TPSA) is 34.1 Å². The number of fused-ring (bicyclic) bond motifs is 5. The van der Waals surface area contributed by atoms with E-state index in [4.69, 9.17) is 0 Å². The van der Waals surface area contributed by atoms with Crippen LogP contribution in [0, 0.1) is 5.92 Å². The van der Waals surface area contributed by atoms with Crippen molar-refractivity contribution in [2.45, 2.75) is 32.6 Å². The van der Waals surface area contributed by atoms with Crippen LogP contribution in [0.4, 0.5) is 0 Å². The van der Waals surface area contributed by atoms with Crippen molar-refractivity contribution in [3.63, 3.8) is 0 Å². The molecule has 0 saturated heterocycles. The lowest BCUT2D eigenvalue weighted by Crippen LogP contribution is -2.34. The summed E-state index contributed by atoms with van der Waals surface area (Å²) < 4.78 is 0. The highest BCUT2D eigenvalue weighted by molar-refractivity contribution is 6.24. The fraction of sp³-hybridized carbons (Fsp3) is 0.273. The minimum atomic E-state index is -0.487. The fourth-order valence-corrected chi connectivity index (χ4v) is 4.18. The van der Waals surface area contributed by atoms with Crippen LogP contribution in [-0.2, 0) is 4.79 Å². The first kappa shape index (κ1) is 15.1. The minimum absolute atomic E-state index is 0.00285. The van der Waals surface area contributed by atoms with Gasteiger partial charge < -0.3 is 0 Å². The number of Topliss-reactive ketones (excluding diaryl/α,β-unsaturated/α-hetero) is 2. The van der Waals surface area contributed by atoms with E-state index in [2.05, 4.69) is 24.3 Å². The second kappa shape index (κ2) is 5.55. The predicted molar refractivity (Wildman–Crippen MR) is 97.6 cm³/mol. The summed E-state index contributed by atoms with van der Waals surface area (Å²) in [5.41, 5.74) is 1.69. The van der Waals surface area contributed by atoms with Gasteiger partial charge in [0.05, 0.1) is 5.92 Å². The van der Waals surface area contributed by atoms with Gasteiger partial charge in [0.15, 0.2) is 11.6 Å². The molecule has 24 heavy (non-hydrogen) atoms. The molecule has 0 aliphatic heterocycles. The van der Waals surface area contributed by atoms with Crippen molar-refractivity contribution < 1.29 is 9.59 Å². The molecule has 3 aromatic rings. The zero-order valence-corrected chi connectivity index (χ0v) is 14.0. The van der Waals surface area contributed by atoms with Gasteiger partial charge in [0.2, 0.25) is 0 Å². The lowest BCUT2D eigenvalue weighted by atomic mass is 9.71. The van der Waals surface area contributed by atoms with Crippen molar-refractivity contribution in [3.8, 4) is 0 Å². The zero-order chi connectivity index (χ0) is 16.8. The van der Waals surface area contributed by atoms with Crippen LogP contribution in [0.3, 0.4) is 0 Å². The molecule has 4 rings (SSSR count). The van der Waals surface area contributed by atoms with Crippen LogP contribution in [0.25, 0.3) is 21.5 Å². The van der Waals surface area contributed by atoms with E-state index in [0.29, 0.717) is 6.42 Å². The molecule has 1 aliphatic rings. The molecule has 0 aromatic heterocycles. The van der Waals surface area contributed by atoms with Crippen molar-refractivity contribution in [1.29, 1.82) is 0 Å². The lowest BCUT2D eigenvalue weighted by Gasteiger charge is -2.29. The Morgan fingerprint density at radius 2 is 1.46 bits per heavy atom. The first-order chi connectivity index (χ1) is 11.7. The van der Waals surface area contributed by atoms with Gasteiger partial charge in [-0.2, -0.15) is 0 Å². The molecule has 0 heterocycles. The van der Waals surface area contributed by atoms with Crippen LogP contribution in [0.1, 0.15) is 48.5 Å². The van der Waals surface area contributed by atoms with Gasteiger partial charge in [-0.05, 0) is 39.9 Å². The molecular formula is C22H20O2. The highest BCUT2D eigenvalue weighted by Gasteiger charge is 2.39. The number of carbonyl (C=O) groups excluding carboxylic acids is 2. The summed E-state index contributed by atoms with van der Waals surface area (Å²) in [6.45, 7) is 3.96. The van der Waals surface area contributed by atoms with Crippen molar-refractivity contribution in [1.82, 2.24) is 0 Å². The summed E-state index contributed by atoms with van der Waals surface area (Å²) in [4.78, 5) is 25.7. The largest absolute Gasteiger partial charge is 0.298 e. The number of hydrogen-bond donors (Lipinski definition) is 0. The molecule has 120 valence electrons. The van der Waals surface area contributed by atoms with Crippen LogP contribution in [0.2, 0.25) is 0 Å². The van der Waals surface area contributed by atoms with Gasteiger partial charge in [-0.15, -0.1) is 0 Å². The SMILES string of the molecule is CCC1C(=O)c2c(ccc3c2ccc2ccccc23)C(CC)C1=O. The Balaban J connectivity index is 2.10. The van der Waals surface area contributed by atoms with Gasteiger partial charge in [-0.1, -0.05) is 62.4 Å². The fourth-order valence-electron chi connectivity index (χ4n) is 4.18. The number of hydrogen-bond acceptors (Lipinski definition) is 2. The van der Waals surface area contributed by atoms with Crippen molar-refractivity contribution in [2.75, 3.05) is 0 Å². The quantitative estimate of drug-likeness (QED) is 0.476. The second-order valence-electron chi connectivity index (χ2n) is 6.60. The maximum absolute atomic E-state index is 13.0. The summed E-state index contributed by atoms with van der Waals surface area (Å²) >= 11 is 0. The Hall–Kier alpha value is -2.48. The first-order valence-electron chi connectivity index (χ1n) is 8.69. The highest BCUT2D eigenvalue weighted by Crippen LogP contribution is 2.40. The normalized spacial score (nSPS) is 20.6. The van der Waals surface area contributed by atoms with Crippen LogP contribution in [-0.4, -0.2) is 11.6 Å². The maximum atomic E-state index is 13.0. The van der Waals surface area contributed by atoms with Crippen molar-refractivity contribution >= 4 is 33.1 Å². The number of carbonyl (C=O) groups is 2. The summed E-state index contributed by atoms with van der Waals surface area (Å²) in [5.74, 6) is -0.543. The van der Waals surface area contributed by atoms with Crippen LogP contribution >= 0.6 is 0 Å². The molecule has 0 fully saturated rings. The van der Waals surface area contributed by atoms with Crippen LogP contribution < -0.4 is 0 Å². The Morgan fingerprint density at radius 3 is 2.21 bits per heavy atom. The van der Waals surface area contributed by atoms with E-state index >= 15 is 0 Å². The van der Waals surface area contributed by atoms with E-state index in [-0.39, 0.29) is 17.5 Å². The Kier molecular flexibility index (Phi) is 3.49. The molecule has 0 radical (unpaired) electrons. The van der Waals surface area contributed by atoms with Crippen LogP contribution in [0.15, 0.2) is 48.5 Å². The summed E-state index contributed by atoms with van der Waals surface area (Å²) in [6.07, 6.45) is 1.33. The third kappa shape index (κ3) is 1.96. The van der Waals surface area contributed by atoms with Gasteiger partial charge >= 0.3 is 0 Å². The van der Waals surface area contributed by atoms with Crippen LogP contribution in [0.5, 0.6) is 0 Å². The summed E-state index contributed by atoms with van der Waals surface area (Å²) in [6, 6.07) is 16.4. The molecule has 2 atom stereocenters. The highest BCUT2D eigenvalue weighted by atomic mass is 16.2. The summed E-state index contributed by atoms with van der Waals surface area (Å²) in [7, 11) is 0. The average molecular weight is 316 g/mol.